The number of halogens is 4. The Labute approximate surface area is 217 Å². The monoisotopic (exact) mass is 537 g/mol. The molecule has 0 saturated heterocycles. The van der Waals surface area contributed by atoms with Crippen LogP contribution in [-0.4, -0.2) is 37.0 Å². The van der Waals surface area contributed by atoms with Gasteiger partial charge in [-0.15, -0.1) is 24.8 Å². The van der Waals surface area contributed by atoms with Crippen molar-refractivity contribution in [2.45, 2.75) is 25.9 Å². The first-order valence-corrected chi connectivity index (χ1v) is 11.2. The molecule has 192 valence electrons. The van der Waals surface area contributed by atoms with Crippen LogP contribution in [0, 0.1) is 11.6 Å². The summed E-state index contributed by atoms with van der Waals surface area (Å²) < 4.78 is 33.8. The van der Waals surface area contributed by atoms with E-state index in [1.54, 1.807) is 18.3 Å². The summed E-state index contributed by atoms with van der Waals surface area (Å²) in [5.41, 5.74) is 13.6. The zero-order valence-corrected chi connectivity index (χ0v) is 20.9. The number of nitrogens with zero attached hydrogens (tertiary/aromatic N) is 4. The van der Waals surface area contributed by atoms with E-state index in [2.05, 4.69) is 10.2 Å². The zero-order chi connectivity index (χ0) is 23.8. The van der Waals surface area contributed by atoms with Gasteiger partial charge in [-0.25, -0.2) is 23.2 Å². The van der Waals surface area contributed by atoms with Crippen LogP contribution in [0.1, 0.15) is 12.8 Å². The van der Waals surface area contributed by atoms with E-state index in [-0.39, 0.29) is 24.8 Å². The van der Waals surface area contributed by atoms with Gasteiger partial charge >= 0.3 is 5.69 Å². The van der Waals surface area contributed by atoms with Crippen molar-refractivity contribution < 1.29 is 8.78 Å². The van der Waals surface area contributed by atoms with Crippen LogP contribution in [0.15, 0.2) is 53.6 Å². The smallest absolute Gasteiger partial charge is 0.347 e. The molecule has 0 radical (unpaired) electrons. The van der Waals surface area contributed by atoms with Gasteiger partial charge in [-0.05, 0) is 62.3 Å². The lowest BCUT2D eigenvalue weighted by Crippen LogP contribution is -2.15. The maximum atomic E-state index is 14.2. The van der Waals surface area contributed by atoms with E-state index in [0.29, 0.717) is 54.0 Å². The highest BCUT2D eigenvalue weighted by Gasteiger charge is 2.22. The molecule has 0 aliphatic heterocycles. The predicted octanol–water partition coefficient (Wildman–Crippen LogP) is 3.96. The second kappa shape index (κ2) is 11.3. The van der Waals surface area contributed by atoms with E-state index in [4.69, 9.17) is 11.5 Å². The van der Waals surface area contributed by atoms with E-state index in [1.807, 2.05) is 15.3 Å². The summed E-state index contributed by atoms with van der Waals surface area (Å²) in [6, 6.07) is 9.00. The molecule has 12 heteroatoms. The molecule has 36 heavy (non-hydrogen) atoms. The van der Waals surface area contributed by atoms with Gasteiger partial charge in [0.05, 0.1) is 11.2 Å². The number of H-pyrrole nitrogens is 1. The van der Waals surface area contributed by atoms with Crippen molar-refractivity contribution in [3.8, 4) is 17.1 Å². The minimum absolute atomic E-state index is 0. The zero-order valence-electron chi connectivity index (χ0n) is 19.3. The first kappa shape index (κ1) is 27.4. The number of aryl methyl sites for hydroxylation is 2. The fourth-order valence-corrected chi connectivity index (χ4v) is 4.47. The number of hydrogen-bond acceptors (Lipinski definition) is 4. The molecule has 0 aliphatic carbocycles. The van der Waals surface area contributed by atoms with Crippen LogP contribution in [0.4, 0.5) is 8.78 Å². The lowest BCUT2D eigenvalue weighted by molar-refractivity contribution is 0.628. The molecule has 3 aromatic heterocycles. The third-order valence-electron chi connectivity index (χ3n) is 6.03. The molecular formula is C24H27Cl2F2N7O. The van der Waals surface area contributed by atoms with Crippen molar-refractivity contribution in [3.63, 3.8) is 0 Å². The number of benzene rings is 2. The van der Waals surface area contributed by atoms with E-state index in [0.717, 1.165) is 23.9 Å². The average Bonchev–Trinajstić information content (AvgIpc) is 3.48. The molecule has 8 nitrogen and oxygen atoms in total. The van der Waals surface area contributed by atoms with Gasteiger partial charge in [0.1, 0.15) is 11.6 Å². The summed E-state index contributed by atoms with van der Waals surface area (Å²) in [6.07, 6.45) is 5.11. The predicted molar refractivity (Wildman–Crippen MR) is 142 cm³/mol. The molecule has 5 N–H and O–H groups in total. The summed E-state index contributed by atoms with van der Waals surface area (Å²) in [6.45, 7) is 2.26. The van der Waals surface area contributed by atoms with Gasteiger partial charge in [0.25, 0.3) is 0 Å². The molecular weight excluding hydrogens is 511 g/mol. The number of fused-ring (bicyclic) bond motifs is 2. The molecule has 0 bridgehead atoms. The Balaban J connectivity index is 0.00000180. The van der Waals surface area contributed by atoms with E-state index in [9.17, 15) is 13.6 Å². The SMILES string of the molecule is Cl.Cl.NCCCn1cc(-c2n[nH]c(=O)n2-c2cn(CCCN)c3ccc(F)cc23)c2cc(F)ccc21. The van der Waals surface area contributed by atoms with Crippen molar-refractivity contribution >= 4 is 46.6 Å². The minimum Gasteiger partial charge on any atom is -0.347 e. The van der Waals surface area contributed by atoms with Crippen molar-refractivity contribution in [1.29, 1.82) is 0 Å². The van der Waals surface area contributed by atoms with Crippen LogP contribution in [0.3, 0.4) is 0 Å². The Morgan fingerprint density at radius 2 is 1.39 bits per heavy atom. The largest absolute Gasteiger partial charge is 0.348 e. The van der Waals surface area contributed by atoms with Crippen LogP contribution in [0.5, 0.6) is 0 Å². The summed E-state index contributed by atoms with van der Waals surface area (Å²) in [7, 11) is 0. The van der Waals surface area contributed by atoms with Crippen molar-refractivity contribution in [3.05, 3.63) is 70.9 Å². The van der Waals surface area contributed by atoms with Crippen LogP contribution in [-0.2, 0) is 13.1 Å². The Morgan fingerprint density at radius 3 is 2.00 bits per heavy atom. The maximum absolute atomic E-state index is 14.2. The highest BCUT2D eigenvalue weighted by molar-refractivity contribution is 5.96. The first-order chi connectivity index (χ1) is 16.5. The van der Waals surface area contributed by atoms with Gasteiger partial charge in [0, 0.05) is 47.3 Å². The number of aromatic amines is 1. The molecule has 0 spiro atoms. The number of nitrogens with two attached hydrogens (primary N) is 2. The van der Waals surface area contributed by atoms with Crippen molar-refractivity contribution in [2.75, 3.05) is 13.1 Å². The third-order valence-corrected chi connectivity index (χ3v) is 6.03. The minimum atomic E-state index is -0.476. The third kappa shape index (κ3) is 4.77. The molecule has 0 amide bonds. The summed E-state index contributed by atoms with van der Waals surface area (Å²) in [4.78, 5) is 13.0. The fourth-order valence-electron chi connectivity index (χ4n) is 4.47. The number of aromatic nitrogens is 5. The Bertz CT molecular complexity index is 1550. The van der Waals surface area contributed by atoms with Crippen LogP contribution in [0.25, 0.3) is 38.9 Å². The Kier molecular flexibility index (Phi) is 8.57. The molecule has 0 unspecified atom stereocenters. The summed E-state index contributed by atoms with van der Waals surface area (Å²) >= 11 is 0. The quantitative estimate of drug-likeness (QED) is 0.278. The molecule has 0 fully saturated rings. The molecule has 0 aliphatic rings. The lowest BCUT2D eigenvalue weighted by Gasteiger charge is -2.04. The summed E-state index contributed by atoms with van der Waals surface area (Å²) in [5, 5.41) is 7.98. The maximum Gasteiger partial charge on any atom is 0.348 e. The standard InChI is InChI=1S/C24H25F2N7O.2ClH/c25-15-3-5-20-17(11-15)19(13-31(20)9-1-7-27)23-29-30-24(34)33(23)22-14-32(10-2-8-28)21-6-4-16(26)12-18(21)22;;/h3-6,11-14H,1-2,7-10,27-28H2,(H,30,34);2*1H. The van der Waals surface area contributed by atoms with Gasteiger partial charge in [0.2, 0.25) is 0 Å². The number of nitrogens with one attached hydrogen (secondary N) is 1. The van der Waals surface area contributed by atoms with E-state index >= 15 is 0 Å². The van der Waals surface area contributed by atoms with Gasteiger partial charge in [-0.1, -0.05) is 0 Å². The van der Waals surface area contributed by atoms with E-state index in [1.165, 1.54) is 28.8 Å². The molecule has 0 saturated carbocycles. The molecule has 0 atom stereocenters. The normalized spacial score (nSPS) is 11.1. The highest BCUT2D eigenvalue weighted by Crippen LogP contribution is 2.33. The molecule has 2 aromatic carbocycles. The van der Waals surface area contributed by atoms with Crippen molar-refractivity contribution in [1.82, 2.24) is 23.9 Å². The van der Waals surface area contributed by atoms with Gasteiger partial charge in [-0.3, -0.25) is 0 Å². The molecule has 5 rings (SSSR count). The molecule has 3 heterocycles. The fraction of sp³-hybridized carbons (Fsp3) is 0.250. The van der Waals surface area contributed by atoms with Crippen LogP contribution < -0.4 is 17.2 Å². The van der Waals surface area contributed by atoms with Gasteiger partial charge < -0.3 is 20.6 Å². The highest BCUT2D eigenvalue weighted by atomic mass is 35.5. The Hall–Kier alpha value is -3.18. The molecule has 5 aromatic rings. The lowest BCUT2D eigenvalue weighted by atomic mass is 10.1. The number of hydrogen-bond donors (Lipinski definition) is 3. The average molecular weight is 538 g/mol. The van der Waals surface area contributed by atoms with E-state index < -0.39 is 17.3 Å². The second-order valence-electron chi connectivity index (χ2n) is 8.24. The number of rotatable bonds is 8. The van der Waals surface area contributed by atoms with Gasteiger partial charge in [0.15, 0.2) is 5.82 Å². The summed E-state index contributed by atoms with van der Waals surface area (Å²) in [5.74, 6) is -0.492. The first-order valence-electron chi connectivity index (χ1n) is 11.2. The van der Waals surface area contributed by atoms with Gasteiger partial charge in [-0.2, -0.15) is 5.10 Å². The van der Waals surface area contributed by atoms with Crippen LogP contribution in [0.2, 0.25) is 0 Å². The van der Waals surface area contributed by atoms with Crippen LogP contribution >= 0.6 is 24.8 Å². The second-order valence-corrected chi connectivity index (χ2v) is 8.24. The van der Waals surface area contributed by atoms with Crippen molar-refractivity contribution in [2.24, 2.45) is 11.5 Å². The topological polar surface area (TPSA) is 113 Å². The Morgan fingerprint density at radius 1 is 0.833 bits per heavy atom.